The third kappa shape index (κ3) is 3.85. The minimum absolute atomic E-state index is 0.0338. The molecule has 4 saturated carbocycles. The third-order valence-electron chi connectivity index (χ3n) is 6.04. The molecule has 0 aromatic heterocycles. The van der Waals surface area contributed by atoms with E-state index in [1.165, 1.54) is 50.4 Å². The molecule has 136 valence electrons. The molecular weight excluding hydrogens is 320 g/mol. The first-order chi connectivity index (χ1) is 11.5. The van der Waals surface area contributed by atoms with Gasteiger partial charge in [0.05, 0.1) is 12.2 Å². The lowest BCUT2D eigenvalue weighted by molar-refractivity contribution is -0.211. The molecule has 3 nitrogen and oxygen atoms in total. The van der Waals surface area contributed by atoms with Gasteiger partial charge in [0.25, 0.3) is 0 Å². The van der Waals surface area contributed by atoms with Crippen molar-refractivity contribution in [3.05, 3.63) is 12.7 Å². The van der Waals surface area contributed by atoms with E-state index in [2.05, 4.69) is 20.4 Å². The summed E-state index contributed by atoms with van der Waals surface area (Å²) in [5, 5.41) is 0. The SMILES string of the molecule is C=CC(=O)OCC12CC3CC(C1)CC(OC(CC)SCCC)(C3)C2. The Morgan fingerprint density at radius 1 is 1.29 bits per heavy atom. The first kappa shape index (κ1) is 18.3. The molecule has 4 aliphatic carbocycles. The van der Waals surface area contributed by atoms with Crippen LogP contribution in [-0.2, 0) is 14.3 Å². The Hall–Kier alpha value is -0.480. The fourth-order valence-electron chi connectivity index (χ4n) is 5.72. The topological polar surface area (TPSA) is 35.5 Å². The first-order valence-electron chi connectivity index (χ1n) is 9.60. The summed E-state index contributed by atoms with van der Waals surface area (Å²) >= 11 is 1.97. The van der Waals surface area contributed by atoms with Crippen LogP contribution >= 0.6 is 11.8 Å². The number of hydrogen-bond acceptors (Lipinski definition) is 4. The van der Waals surface area contributed by atoms with Crippen LogP contribution in [0.2, 0.25) is 0 Å². The van der Waals surface area contributed by atoms with Crippen molar-refractivity contribution in [3.63, 3.8) is 0 Å². The Labute approximate surface area is 150 Å². The summed E-state index contributed by atoms with van der Waals surface area (Å²) in [5.74, 6) is 2.39. The molecule has 0 N–H and O–H groups in total. The van der Waals surface area contributed by atoms with Gasteiger partial charge in [0.15, 0.2) is 0 Å². The molecule has 4 aliphatic rings. The molecule has 4 rings (SSSR count). The van der Waals surface area contributed by atoms with E-state index >= 15 is 0 Å². The van der Waals surface area contributed by atoms with E-state index in [-0.39, 0.29) is 17.0 Å². The second kappa shape index (κ2) is 7.41. The lowest BCUT2D eigenvalue weighted by Gasteiger charge is -2.61. The largest absolute Gasteiger partial charge is 0.462 e. The maximum atomic E-state index is 11.6. The highest BCUT2D eigenvalue weighted by molar-refractivity contribution is 7.99. The van der Waals surface area contributed by atoms with E-state index in [0.717, 1.165) is 24.7 Å². The van der Waals surface area contributed by atoms with Crippen molar-refractivity contribution in [3.8, 4) is 0 Å². The van der Waals surface area contributed by atoms with Crippen molar-refractivity contribution in [1.82, 2.24) is 0 Å². The summed E-state index contributed by atoms with van der Waals surface area (Å²) in [6, 6.07) is 0. The minimum atomic E-state index is -0.286. The molecule has 0 amide bonds. The van der Waals surface area contributed by atoms with Gasteiger partial charge < -0.3 is 9.47 Å². The fraction of sp³-hybridized carbons (Fsp3) is 0.850. The van der Waals surface area contributed by atoms with Crippen molar-refractivity contribution >= 4 is 17.7 Å². The molecule has 0 spiro atoms. The molecule has 0 aliphatic heterocycles. The van der Waals surface area contributed by atoms with Crippen molar-refractivity contribution < 1.29 is 14.3 Å². The summed E-state index contributed by atoms with van der Waals surface area (Å²) in [5.41, 5.74) is 0.497. The third-order valence-corrected chi connectivity index (χ3v) is 7.48. The van der Waals surface area contributed by atoms with Gasteiger partial charge >= 0.3 is 5.97 Å². The molecule has 0 radical (unpaired) electrons. The normalized spacial score (nSPS) is 38.1. The van der Waals surface area contributed by atoms with Crippen LogP contribution in [0.25, 0.3) is 0 Å². The van der Waals surface area contributed by atoms with E-state index in [4.69, 9.17) is 9.47 Å². The number of rotatable bonds is 9. The second-order valence-electron chi connectivity index (χ2n) is 8.28. The maximum Gasteiger partial charge on any atom is 0.330 e. The Kier molecular flexibility index (Phi) is 5.65. The van der Waals surface area contributed by atoms with Crippen molar-refractivity contribution in [2.24, 2.45) is 17.3 Å². The van der Waals surface area contributed by atoms with Crippen molar-refractivity contribution in [2.75, 3.05) is 12.4 Å². The van der Waals surface area contributed by atoms with Gasteiger partial charge in [-0.25, -0.2) is 4.79 Å². The van der Waals surface area contributed by atoms with Gasteiger partial charge in [0, 0.05) is 11.5 Å². The van der Waals surface area contributed by atoms with Crippen LogP contribution in [0.1, 0.15) is 65.2 Å². The van der Waals surface area contributed by atoms with Crippen LogP contribution in [0.15, 0.2) is 12.7 Å². The van der Waals surface area contributed by atoms with E-state index < -0.39 is 0 Å². The van der Waals surface area contributed by atoms with Crippen LogP contribution in [0.4, 0.5) is 0 Å². The smallest absolute Gasteiger partial charge is 0.330 e. The Morgan fingerprint density at radius 3 is 2.58 bits per heavy atom. The summed E-state index contributed by atoms with van der Waals surface area (Å²) < 4.78 is 12.3. The Morgan fingerprint density at radius 2 is 2.00 bits per heavy atom. The predicted octanol–water partition coefficient (Wildman–Crippen LogP) is 4.95. The monoisotopic (exact) mass is 352 g/mol. The van der Waals surface area contributed by atoms with Gasteiger partial charge in [0.1, 0.15) is 5.44 Å². The molecule has 4 bridgehead atoms. The molecule has 3 unspecified atom stereocenters. The van der Waals surface area contributed by atoms with Crippen molar-refractivity contribution in [2.45, 2.75) is 76.3 Å². The minimum Gasteiger partial charge on any atom is -0.462 e. The molecule has 0 heterocycles. The molecule has 0 aromatic rings. The summed E-state index contributed by atoms with van der Waals surface area (Å²) in [6.45, 7) is 8.53. The van der Waals surface area contributed by atoms with Gasteiger partial charge in [-0.3, -0.25) is 0 Å². The van der Waals surface area contributed by atoms with Gasteiger partial charge in [0.2, 0.25) is 0 Å². The number of carbonyl (C=O) groups is 1. The Balaban J connectivity index is 1.70. The highest BCUT2D eigenvalue weighted by Crippen LogP contribution is 2.63. The van der Waals surface area contributed by atoms with Crippen LogP contribution in [-0.4, -0.2) is 29.4 Å². The molecule has 3 atom stereocenters. The zero-order valence-corrected chi connectivity index (χ0v) is 16.0. The quantitative estimate of drug-likeness (QED) is 0.334. The number of hydrogen-bond donors (Lipinski definition) is 0. The molecule has 4 heteroatoms. The predicted molar refractivity (Wildman–Crippen MR) is 98.9 cm³/mol. The maximum absolute atomic E-state index is 11.6. The van der Waals surface area contributed by atoms with Gasteiger partial charge in [-0.15, -0.1) is 11.8 Å². The second-order valence-corrected chi connectivity index (χ2v) is 9.55. The molecule has 4 fully saturated rings. The Bertz CT molecular complexity index is 462. The average Bonchev–Trinajstić information content (AvgIpc) is 2.55. The molecule has 24 heavy (non-hydrogen) atoms. The van der Waals surface area contributed by atoms with Gasteiger partial charge in [-0.05, 0) is 69.0 Å². The van der Waals surface area contributed by atoms with E-state index in [1.807, 2.05) is 11.8 Å². The van der Waals surface area contributed by atoms with Gasteiger partial charge in [-0.1, -0.05) is 20.4 Å². The van der Waals surface area contributed by atoms with Crippen LogP contribution in [0.5, 0.6) is 0 Å². The van der Waals surface area contributed by atoms with Crippen LogP contribution in [0, 0.1) is 17.3 Å². The standard InChI is InChI=1S/C20H32O3S/c1-4-7-24-18(6-3)23-20-11-15-8-16(12-20)10-19(9-15,13-20)14-22-17(21)5-2/h5,15-16,18H,2,4,6-14H2,1,3H3. The number of carbonyl (C=O) groups excluding carboxylic acids is 1. The number of thioether (sulfide) groups is 1. The number of ether oxygens (including phenoxy) is 2. The first-order valence-corrected chi connectivity index (χ1v) is 10.7. The summed E-state index contributed by atoms with van der Waals surface area (Å²) in [6.07, 6.45) is 10.8. The molecule has 0 saturated heterocycles. The summed E-state index contributed by atoms with van der Waals surface area (Å²) in [4.78, 5) is 11.6. The van der Waals surface area contributed by atoms with E-state index in [0.29, 0.717) is 12.0 Å². The van der Waals surface area contributed by atoms with Crippen LogP contribution in [0.3, 0.4) is 0 Å². The fourth-order valence-corrected chi connectivity index (χ4v) is 6.72. The molecule has 0 aromatic carbocycles. The van der Waals surface area contributed by atoms with E-state index in [9.17, 15) is 4.79 Å². The summed E-state index contributed by atoms with van der Waals surface area (Å²) in [7, 11) is 0. The van der Waals surface area contributed by atoms with Gasteiger partial charge in [-0.2, -0.15) is 0 Å². The average molecular weight is 353 g/mol. The number of esters is 1. The lowest BCUT2D eigenvalue weighted by Crippen LogP contribution is -2.58. The highest BCUT2D eigenvalue weighted by Gasteiger charge is 2.59. The van der Waals surface area contributed by atoms with Crippen molar-refractivity contribution in [1.29, 1.82) is 0 Å². The zero-order chi connectivity index (χ0) is 17.2. The lowest BCUT2D eigenvalue weighted by atomic mass is 9.48. The zero-order valence-electron chi connectivity index (χ0n) is 15.2. The van der Waals surface area contributed by atoms with E-state index in [1.54, 1.807) is 0 Å². The van der Waals surface area contributed by atoms with Crippen LogP contribution < -0.4 is 0 Å². The highest BCUT2D eigenvalue weighted by atomic mass is 32.2. The molecular formula is C20H32O3S.